The van der Waals surface area contributed by atoms with Crippen LogP contribution < -0.4 is 5.73 Å². The summed E-state index contributed by atoms with van der Waals surface area (Å²) in [6.07, 6.45) is 1.39. The van der Waals surface area contributed by atoms with Gasteiger partial charge in [-0.15, -0.1) is 0 Å². The summed E-state index contributed by atoms with van der Waals surface area (Å²) in [6, 6.07) is 0. The third-order valence-electron chi connectivity index (χ3n) is 2.32. The molecule has 1 atom stereocenters. The van der Waals surface area contributed by atoms with E-state index in [2.05, 4.69) is 18.7 Å². The van der Waals surface area contributed by atoms with Crippen molar-refractivity contribution in [3.8, 4) is 0 Å². The van der Waals surface area contributed by atoms with Crippen LogP contribution in [0.1, 0.15) is 20.3 Å². The third-order valence-corrected chi connectivity index (χ3v) is 2.32. The van der Waals surface area contributed by atoms with Gasteiger partial charge in [0.25, 0.3) is 0 Å². The Kier molecular flexibility index (Phi) is 4.70. The van der Waals surface area contributed by atoms with Gasteiger partial charge < -0.3 is 15.4 Å². The predicted molar refractivity (Wildman–Crippen MR) is 54.7 cm³/mol. The van der Waals surface area contributed by atoms with Gasteiger partial charge in [0, 0.05) is 32.8 Å². The van der Waals surface area contributed by atoms with Gasteiger partial charge in [-0.3, -0.25) is 0 Å². The number of rotatable bonds is 3. The van der Waals surface area contributed by atoms with Gasteiger partial charge >= 0.3 is 0 Å². The van der Waals surface area contributed by atoms with E-state index in [1.807, 2.05) is 0 Å². The molecule has 0 aromatic rings. The molecule has 1 rings (SSSR count). The van der Waals surface area contributed by atoms with Crippen molar-refractivity contribution in [2.45, 2.75) is 26.4 Å². The first kappa shape index (κ1) is 11.0. The van der Waals surface area contributed by atoms with Crippen LogP contribution in [0.25, 0.3) is 0 Å². The van der Waals surface area contributed by atoms with Crippen molar-refractivity contribution >= 4 is 0 Å². The highest BCUT2D eigenvalue weighted by atomic mass is 16.5. The molecular weight excluding hydrogens is 164 g/mol. The van der Waals surface area contributed by atoms with E-state index in [0.717, 1.165) is 32.0 Å². The molecule has 2 N–H and O–H groups in total. The molecule has 3 heteroatoms. The quantitative estimate of drug-likeness (QED) is 0.705. The summed E-state index contributed by atoms with van der Waals surface area (Å²) in [5.74, 6) is 0.733. The van der Waals surface area contributed by atoms with E-state index in [-0.39, 0.29) is 6.10 Å². The fourth-order valence-electron chi connectivity index (χ4n) is 1.79. The van der Waals surface area contributed by atoms with Crippen LogP contribution in [0.15, 0.2) is 0 Å². The Labute approximate surface area is 81.2 Å². The van der Waals surface area contributed by atoms with Gasteiger partial charge in [-0.1, -0.05) is 13.8 Å². The molecule has 13 heavy (non-hydrogen) atoms. The number of nitrogens with two attached hydrogens (primary N) is 1. The second-order valence-corrected chi connectivity index (χ2v) is 4.24. The molecule has 0 aromatic heterocycles. The third kappa shape index (κ3) is 4.07. The maximum absolute atomic E-state index is 5.61. The fourth-order valence-corrected chi connectivity index (χ4v) is 1.79. The van der Waals surface area contributed by atoms with E-state index in [1.165, 1.54) is 6.54 Å². The standard InChI is InChI=1S/C10H22N2O/c1-9(2)7-12-4-3-5-13-10(6-11)8-12/h9-10H,3-8,11H2,1-2H3. The smallest absolute Gasteiger partial charge is 0.0823 e. The summed E-state index contributed by atoms with van der Waals surface area (Å²) >= 11 is 0. The minimum absolute atomic E-state index is 0.251. The van der Waals surface area contributed by atoms with Gasteiger partial charge in [0.05, 0.1) is 6.10 Å². The zero-order chi connectivity index (χ0) is 9.68. The average Bonchev–Trinajstić information content (AvgIpc) is 2.28. The number of hydrogen-bond donors (Lipinski definition) is 1. The van der Waals surface area contributed by atoms with E-state index in [4.69, 9.17) is 10.5 Å². The zero-order valence-electron chi connectivity index (χ0n) is 8.83. The maximum atomic E-state index is 5.61. The van der Waals surface area contributed by atoms with Crippen LogP contribution in [-0.2, 0) is 4.74 Å². The van der Waals surface area contributed by atoms with Crippen LogP contribution in [0.4, 0.5) is 0 Å². The van der Waals surface area contributed by atoms with Crippen LogP contribution in [0.3, 0.4) is 0 Å². The lowest BCUT2D eigenvalue weighted by Gasteiger charge is -2.24. The van der Waals surface area contributed by atoms with Crippen molar-refractivity contribution < 1.29 is 4.74 Å². The van der Waals surface area contributed by atoms with Crippen molar-refractivity contribution in [2.75, 3.05) is 32.8 Å². The topological polar surface area (TPSA) is 38.5 Å². The molecular formula is C10H22N2O. The maximum Gasteiger partial charge on any atom is 0.0823 e. The fraction of sp³-hybridized carbons (Fsp3) is 1.00. The molecule has 0 bridgehead atoms. The number of ether oxygens (including phenoxy) is 1. The molecule has 0 radical (unpaired) electrons. The zero-order valence-corrected chi connectivity index (χ0v) is 8.83. The summed E-state index contributed by atoms with van der Waals surface area (Å²) in [6.45, 7) is 9.36. The molecule has 1 fully saturated rings. The predicted octanol–water partition coefficient (Wildman–Crippen LogP) is 0.692. The molecule has 1 aliphatic rings. The largest absolute Gasteiger partial charge is 0.376 e. The molecule has 1 saturated heterocycles. The average molecular weight is 186 g/mol. The highest BCUT2D eigenvalue weighted by molar-refractivity contribution is 4.71. The second-order valence-electron chi connectivity index (χ2n) is 4.24. The summed E-state index contributed by atoms with van der Waals surface area (Å²) in [4.78, 5) is 2.47. The first-order chi connectivity index (χ1) is 6.22. The normalized spacial score (nSPS) is 26.3. The van der Waals surface area contributed by atoms with Crippen molar-refractivity contribution in [1.29, 1.82) is 0 Å². The van der Waals surface area contributed by atoms with Crippen molar-refractivity contribution in [3.63, 3.8) is 0 Å². The first-order valence-electron chi connectivity index (χ1n) is 5.26. The molecule has 1 heterocycles. The van der Waals surface area contributed by atoms with Crippen LogP contribution in [0, 0.1) is 5.92 Å². The summed E-state index contributed by atoms with van der Waals surface area (Å²) < 4.78 is 5.60. The van der Waals surface area contributed by atoms with E-state index < -0.39 is 0 Å². The molecule has 0 amide bonds. The van der Waals surface area contributed by atoms with Gasteiger partial charge in [-0.25, -0.2) is 0 Å². The summed E-state index contributed by atoms with van der Waals surface area (Å²) in [5.41, 5.74) is 5.61. The highest BCUT2D eigenvalue weighted by Crippen LogP contribution is 2.07. The van der Waals surface area contributed by atoms with E-state index in [1.54, 1.807) is 0 Å². The van der Waals surface area contributed by atoms with Gasteiger partial charge in [-0.2, -0.15) is 0 Å². The summed E-state index contributed by atoms with van der Waals surface area (Å²) in [5, 5.41) is 0. The Morgan fingerprint density at radius 1 is 1.54 bits per heavy atom. The van der Waals surface area contributed by atoms with Crippen molar-refractivity contribution in [2.24, 2.45) is 11.7 Å². The van der Waals surface area contributed by atoms with Crippen LogP contribution >= 0.6 is 0 Å². The van der Waals surface area contributed by atoms with Gasteiger partial charge in [0.15, 0.2) is 0 Å². The Morgan fingerprint density at radius 2 is 2.31 bits per heavy atom. The van der Waals surface area contributed by atoms with Gasteiger partial charge in [0.1, 0.15) is 0 Å². The van der Waals surface area contributed by atoms with Crippen LogP contribution in [0.2, 0.25) is 0 Å². The lowest BCUT2D eigenvalue weighted by atomic mass is 10.2. The van der Waals surface area contributed by atoms with E-state index in [9.17, 15) is 0 Å². The number of hydrogen-bond acceptors (Lipinski definition) is 3. The van der Waals surface area contributed by atoms with E-state index >= 15 is 0 Å². The molecule has 0 spiro atoms. The molecule has 1 unspecified atom stereocenters. The molecule has 0 aliphatic carbocycles. The van der Waals surface area contributed by atoms with E-state index in [0.29, 0.717) is 6.54 Å². The lowest BCUT2D eigenvalue weighted by Crippen LogP contribution is -2.37. The Bertz CT molecular complexity index is 139. The lowest BCUT2D eigenvalue weighted by molar-refractivity contribution is 0.0591. The molecule has 0 aromatic carbocycles. The monoisotopic (exact) mass is 186 g/mol. The minimum Gasteiger partial charge on any atom is -0.376 e. The molecule has 1 aliphatic heterocycles. The molecule has 0 saturated carbocycles. The Morgan fingerprint density at radius 3 is 2.92 bits per heavy atom. The Hall–Kier alpha value is -0.120. The van der Waals surface area contributed by atoms with Gasteiger partial charge in [-0.05, 0) is 12.3 Å². The minimum atomic E-state index is 0.251. The van der Waals surface area contributed by atoms with Crippen LogP contribution in [-0.4, -0.2) is 43.8 Å². The summed E-state index contributed by atoms with van der Waals surface area (Å²) in [7, 11) is 0. The second kappa shape index (κ2) is 5.58. The highest BCUT2D eigenvalue weighted by Gasteiger charge is 2.17. The molecule has 3 nitrogen and oxygen atoms in total. The van der Waals surface area contributed by atoms with Gasteiger partial charge in [0.2, 0.25) is 0 Å². The number of nitrogens with zero attached hydrogens (tertiary/aromatic N) is 1. The first-order valence-corrected chi connectivity index (χ1v) is 5.26. The Balaban J connectivity index is 2.35. The molecule has 78 valence electrons. The van der Waals surface area contributed by atoms with Crippen molar-refractivity contribution in [1.82, 2.24) is 4.90 Å². The van der Waals surface area contributed by atoms with Crippen LogP contribution in [0.5, 0.6) is 0 Å². The SMILES string of the molecule is CC(C)CN1CCCOC(CN)C1. The van der Waals surface area contributed by atoms with Crippen molar-refractivity contribution in [3.05, 3.63) is 0 Å².